The lowest BCUT2D eigenvalue weighted by molar-refractivity contribution is -0.136. The molecule has 1 aliphatic rings. The Labute approximate surface area is 169 Å². The minimum Gasteiger partial charge on any atom is -0.497 e. The number of carbonyl (C=O) groups excluding carboxylic acids is 2. The van der Waals surface area contributed by atoms with Crippen LogP contribution in [0.15, 0.2) is 54.2 Å². The third-order valence-electron chi connectivity index (χ3n) is 4.62. The van der Waals surface area contributed by atoms with Crippen molar-refractivity contribution in [2.75, 3.05) is 39.8 Å². The number of carbonyl (C=O) groups is 2. The summed E-state index contributed by atoms with van der Waals surface area (Å²) in [4.78, 5) is 27.4. The predicted octanol–water partition coefficient (Wildman–Crippen LogP) is 2.93. The van der Waals surface area contributed by atoms with Crippen LogP contribution < -0.4 is 14.8 Å². The van der Waals surface area contributed by atoms with Crippen LogP contribution in [0.4, 0.5) is 5.69 Å². The van der Waals surface area contributed by atoms with E-state index in [0.29, 0.717) is 41.4 Å². The van der Waals surface area contributed by atoms with E-state index >= 15 is 0 Å². The van der Waals surface area contributed by atoms with Crippen LogP contribution in [0.5, 0.6) is 11.5 Å². The molecule has 0 saturated carbocycles. The van der Waals surface area contributed by atoms with Gasteiger partial charge in [-0.1, -0.05) is 18.2 Å². The first-order valence-electron chi connectivity index (χ1n) is 9.24. The summed E-state index contributed by atoms with van der Waals surface area (Å²) in [6, 6.07) is 14.3. The minimum absolute atomic E-state index is 0.242. The lowest BCUT2D eigenvalue weighted by atomic mass is 10.0. The molecule has 7 nitrogen and oxygen atoms in total. The molecule has 3 rings (SSSR count). The lowest BCUT2D eigenvalue weighted by Gasteiger charge is -2.15. The second kappa shape index (κ2) is 9.25. The van der Waals surface area contributed by atoms with Gasteiger partial charge < -0.3 is 19.5 Å². The molecule has 2 aromatic rings. The van der Waals surface area contributed by atoms with E-state index < -0.39 is 0 Å². The van der Waals surface area contributed by atoms with Gasteiger partial charge in [-0.3, -0.25) is 14.5 Å². The number of benzene rings is 2. The Morgan fingerprint density at radius 1 is 0.897 bits per heavy atom. The van der Waals surface area contributed by atoms with Crippen LogP contribution in [-0.2, 0) is 14.3 Å². The van der Waals surface area contributed by atoms with E-state index in [9.17, 15) is 9.59 Å². The number of rotatable bonds is 9. The van der Waals surface area contributed by atoms with Crippen molar-refractivity contribution < 1.29 is 23.8 Å². The van der Waals surface area contributed by atoms with Crippen molar-refractivity contribution in [2.24, 2.45) is 0 Å². The van der Waals surface area contributed by atoms with Crippen LogP contribution in [0.25, 0.3) is 5.57 Å². The highest BCUT2D eigenvalue weighted by Gasteiger charge is 2.38. The van der Waals surface area contributed by atoms with Crippen LogP contribution in [0.3, 0.4) is 0 Å². The fraction of sp³-hybridized carbons (Fsp3) is 0.273. The first-order valence-corrected chi connectivity index (χ1v) is 9.24. The normalized spacial score (nSPS) is 13.8. The van der Waals surface area contributed by atoms with Crippen LogP contribution in [0.2, 0.25) is 0 Å². The molecule has 2 aromatic carbocycles. The summed E-state index contributed by atoms with van der Waals surface area (Å²) in [6.07, 6.45) is 0.566. The van der Waals surface area contributed by atoms with E-state index in [1.165, 1.54) is 4.90 Å². The molecule has 0 saturated heterocycles. The van der Waals surface area contributed by atoms with Gasteiger partial charge in [-0.25, -0.2) is 0 Å². The van der Waals surface area contributed by atoms with Crippen molar-refractivity contribution in [2.45, 2.75) is 6.42 Å². The first kappa shape index (κ1) is 20.4. The molecule has 0 aliphatic carbocycles. The highest BCUT2D eigenvalue weighted by atomic mass is 16.5. The number of hydrogen-bond acceptors (Lipinski definition) is 6. The summed E-state index contributed by atoms with van der Waals surface area (Å²) in [5.41, 5.74) is 1.87. The lowest BCUT2D eigenvalue weighted by Crippen LogP contribution is -2.33. The quantitative estimate of drug-likeness (QED) is 0.519. The molecule has 1 aliphatic heterocycles. The Morgan fingerprint density at radius 2 is 1.62 bits per heavy atom. The Morgan fingerprint density at radius 3 is 2.28 bits per heavy atom. The molecule has 152 valence electrons. The third kappa shape index (κ3) is 4.41. The number of hydrogen-bond donors (Lipinski definition) is 1. The zero-order valence-corrected chi connectivity index (χ0v) is 16.7. The van der Waals surface area contributed by atoms with Gasteiger partial charge in [0.2, 0.25) is 0 Å². The van der Waals surface area contributed by atoms with E-state index in [1.54, 1.807) is 51.7 Å². The molecule has 1 N–H and O–H groups in total. The Balaban J connectivity index is 1.98. The van der Waals surface area contributed by atoms with Crippen molar-refractivity contribution in [1.82, 2.24) is 4.90 Å². The maximum atomic E-state index is 13.1. The van der Waals surface area contributed by atoms with Crippen LogP contribution in [0.1, 0.15) is 12.0 Å². The standard InChI is InChI=1S/C22H24N2O5/c1-27-13-5-12-24-21(25)19(15-8-10-17(28-2)11-9-15)20(22(24)26)23-16-6-4-7-18(14-16)29-3/h4,6-11,14,23H,5,12-13H2,1-3H3. The van der Waals surface area contributed by atoms with Gasteiger partial charge in [0.05, 0.1) is 19.8 Å². The summed E-state index contributed by atoms with van der Waals surface area (Å²) in [7, 11) is 4.74. The number of imide groups is 1. The maximum absolute atomic E-state index is 13.1. The number of ether oxygens (including phenoxy) is 3. The zero-order chi connectivity index (χ0) is 20.8. The van der Waals surface area contributed by atoms with E-state index in [4.69, 9.17) is 14.2 Å². The monoisotopic (exact) mass is 396 g/mol. The van der Waals surface area contributed by atoms with Crippen molar-refractivity contribution in [3.8, 4) is 11.5 Å². The predicted molar refractivity (Wildman–Crippen MR) is 110 cm³/mol. The van der Waals surface area contributed by atoms with Gasteiger partial charge in [-0.05, 0) is 36.2 Å². The highest BCUT2D eigenvalue weighted by Crippen LogP contribution is 2.32. The Hall–Kier alpha value is -3.32. The second-order valence-corrected chi connectivity index (χ2v) is 6.44. The fourth-order valence-electron chi connectivity index (χ4n) is 3.13. The van der Waals surface area contributed by atoms with Gasteiger partial charge >= 0.3 is 0 Å². The zero-order valence-electron chi connectivity index (χ0n) is 16.7. The summed E-state index contributed by atoms with van der Waals surface area (Å²) >= 11 is 0. The number of nitrogens with one attached hydrogen (secondary N) is 1. The third-order valence-corrected chi connectivity index (χ3v) is 4.62. The molecule has 0 bridgehead atoms. The van der Waals surface area contributed by atoms with E-state index in [-0.39, 0.29) is 24.1 Å². The number of nitrogens with zero attached hydrogens (tertiary/aromatic N) is 1. The first-order chi connectivity index (χ1) is 14.1. The molecule has 29 heavy (non-hydrogen) atoms. The number of anilines is 1. The maximum Gasteiger partial charge on any atom is 0.278 e. The van der Waals surface area contributed by atoms with Crippen LogP contribution >= 0.6 is 0 Å². The molecule has 7 heteroatoms. The molecule has 1 heterocycles. The van der Waals surface area contributed by atoms with Crippen molar-refractivity contribution in [1.29, 1.82) is 0 Å². The minimum atomic E-state index is -0.361. The van der Waals surface area contributed by atoms with Gasteiger partial charge in [0, 0.05) is 32.0 Å². The van der Waals surface area contributed by atoms with Gasteiger partial charge in [-0.15, -0.1) is 0 Å². The largest absolute Gasteiger partial charge is 0.497 e. The van der Waals surface area contributed by atoms with Crippen molar-refractivity contribution >= 4 is 23.1 Å². The van der Waals surface area contributed by atoms with Crippen molar-refractivity contribution in [3.63, 3.8) is 0 Å². The number of amides is 2. The summed E-state index contributed by atoms with van der Waals surface area (Å²) < 4.78 is 15.5. The molecular weight excluding hydrogens is 372 g/mol. The topological polar surface area (TPSA) is 77.1 Å². The fourth-order valence-corrected chi connectivity index (χ4v) is 3.13. The van der Waals surface area contributed by atoms with Crippen molar-refractivity contribution in [3.05, 3.63) is 59.8 Å². The summed E-state index contributed by atoms with van der Waals surface area (Å²) in [6.45, 7) is 0.752. The second-order valence-electron chi connectivity index (χ2n) is 6.44. The SMILES string of the molecule is COCCCN1C(=O)C(Nc2cccc(OC)c2)=C(c2ccc(OC)cc2)C1=O. The smallest absolute Gasteiger partial charge is 0.278 e. The highest BCUT2D eigenvalue weighted by molar-refractivity contribution is 6.36. The van der Waals surface area contributed by atoms with Gasteiger partial charge in [0.15, 0.2) is 0 Å². The van der Waals surface area contributed by atoms with Crippen LogP contribution in [0, 0.1) is 0 Å². The number of methoxy groups -OCH3 is 3. The summed E-state index contributed by atoms with van der Waals surface area (Å²) in [5, 5.41) is 3.12. The Bertz CT molecular complexity index is 921. The molecule has 0 aromatic heterocycles. The van der Waals surface area contributed by atoms with E-state index in [1.807, 2.05) is 18.2 Å². The van der Waals surface area contributed by atoms with Crippen LogP contribution in [-0.4, -0.2) is 51.2 Å². The summed E-state index contributed by atoms with van der Waals surface area (Å²) in [5.74, 6) is 0.627. The molecule has 0 spiro atoms. The molecule has 0 atom stereocenters. The molecule has 0 radical (unpaired) electrons. The molecule has 2 amide bonds. The van der Waals surface area contributed by atoms with Gasteiger partial charge in [-0.2, -0.15) is 0 Å². The Kier molecular flexibility index (Phi) is 6.51. The average Bonchev–Trinajstić information content (AvgIpc) is 2.98. The average molecular weight is 396 g/mol. The molecular formula is C22H24N2O5. The molecule has 0 unspecified atom stereocenters. The molecule has 0 fully saturated rings. The van der Waals surface area contributed by atoms with E-state index in [2.05, 4.69) is 5.32 Å². The van der Waals surface area contributed by atoms with E-state index in [0.717, 1.165) is 0 Å². The van der Waals surface area contributed by atoms with Gasteiger partial charge in [0.25, 0.3) is 11.8 Å². The van der Waals surface area contributed by atoms with Gasteiger partial charge in [0.1, 0.15) is 17.2 Å².